The van der Waals surface area contributed by atoms with Gasteiger partial charge in [-0.1, -0.05) is 0 Å². The molecule has 0 aliphatic carbocycles. The molecule has 0 unspecified atom stereocenters. The lowest BCUT2D eigenvalue weighted by Crippen LogP contribution is -2.47. The molecule has 1 aromatic carbocycles. The minimum absolute atomic E-state index is 0.184. The van der Waals surface area contributed by atoms with Crippen LogP contribution in [0.5, 0.6) is 0 Å². The van der Waals surface area contributed by atoms with Gasteiger partial charge in [0.1, 0.15) is 6.23 Å². The zero-order valence-electron chi connectivity index (χ0n) is 11.1. The molecule has 0 heterocycles. The van der Waals surface area contributed by atoms with Crippen molar-refractivity contribution in [1.29, 1.82) is 0 Å². The highest BCUT2D eigenvalue weighted by molar-refractivity contribution is 6.60. The fourth-order valence-electron chi connectivity index (χ4n) is 1.07. The van der Waals surface area contributed by atoms with Crippen LogP contribution in [0.25, 0.3) is 0 Å². The Morgan fingerprint density at radius 2 is 1.58 bits per heavy atom. The van der Waals surface area contributed by atoms with Gasteiger partial charge in [0, 0.05) is 27.0 Å². The quantitative estimate of drug-likeness (QED) is 0.530. The molecule has 1 aromatic rings. The molecule has 0 aromatic heterocycles. The van der Waals surface area contributed by atoms with Crippen LogP contribution in [0.4, 0.5) is 5.69 Å². The summed E-state index contributed by atoms with van der Waals surface area (Å²) >= 11 is 0. The van der Waals surface area contributed by atoms with Crippen LogP contribution >= 0.6 is 0 Å². The molecule has 0 atom stereocenters. The Morgan fingerprint density at radius 1 is 1.16 bits per heavy atom. The first-order valence-corrected chi connectivity index (χ1v) is 7.23. The Balaban J connectivity index is 0.000000344. The Bertz CT molecular complexity index is 362. The highest BCUT2D eigenvalue weighted by Gasteiger charge is 2.36. The van der Waals surface area contributed by atoms with E-state index in [-0.39, 0.29) is 11.8 Å². The summed E-state index contributed by atoms with van der Waals surface area (Å²) in [5, 5.41) is 17.1. The van der Waals surface area contributed by atoms with Crippen molar-refractivity contribution >= 4 is 20.5 Å². The zero-order valence-corrected chi connectivity index (χ0v) is 12.1. The van der Waals surface area contributed by atoms with Crippen molar-refractivity contribution in [3.05, 3.63) is 29.8 Å². The van der Waals surface area contributed by atoms with E-state index in [2.05, 4.69) is 0 Å². The van der Waals surface area contributed by atoms with E-state index in [9.17, 15) is 4.79 Å². The van der Waals surface area contributed by atoms with Gasteiger partial charge in [0.2, 0.25) is 0 Å². The summed E-state index contributed by atoms with van der Waals surface area (Å²) in [5.41, 5.74) is 6.17. The Kier molecular flexibility index (Phi) is 7.96. The predicted octanol–water partition coefficient (Wildman–Crippen LogP) is 0.363. The number of aliphatic hydroxyl groups is 1. The lowest BCUT2D eigenvalue weighted by Gasteiger charge is -2.21. The maximum Gasteiger partial charge on any atom is 0.527 e. The first-order valence-electron chi connectivity index (χ1n) is 5.29. The summed E-state index contributed by atoms with van der Waals surface area (Å²) in [6, 6.07) is 6.06. The van der Waals surface area contributed by atoms with Gasteiger partial charge in [-0.25, -0.2) is 4.79 Å². The van der Waals surface area contributed by atoms with Gasteiger partial charge in [0.25, 0.3) is 0 Å². The fourth-order valence-corrected chi connectivity index (χ4v) is 1.96. The van der Waals surface area contributed by atoms with Gasteiger partial charge in [0.15, 0.2) is 0 Å². The monoisotopic (exact) mass is 289 g/mol. The number of carboxylic acids is 1. The van der Waals surface area contributed by atoms with Crippen LogP contribution in [0, 0.1) is 0 Å². The molecule has 0 aliphatic rings. The third kappa shape index (κ3) is 5.81. The van der Waals surface area contributed by atoms with Gasteiger partial charge in [0.05, 0.1) is 5.56 Å². The first-order chi connectivity index (χ1) is 8.94. The number of carboxylic acid groups (broad SMARTS) is 1. The summed E-state index contributed by atoms with van der Waals surface area (Å²) in [6.45, 7) is 0. The molecule has 0 saturated heterocycles. The van der Waals surface area contributed by atoms with E-state index in [1.54, 1.807) is 12.1 Å². The van der Waals surface area contributed by atoms with Crippen LogP contribution in [-0.4, -0.2) is 52.5 Å². The van der Waals surface area contributed by atoms with E-state index in [0.29, 0.717) is 5.69 Å². The van der Waals surface area contributed by atoms with Crippen molar-refractivity contribution in [3.63, 3.8) is 0 Å². The summed E-state index contributed by atoms with van der Waals surface area (Å²) in [5.74, 6) is -0.931. The van der Waals surface area contributed by atoms with Crippen molar-refractivity contribution in [1.82, 2.24) is 0 Å². The van der Waals surface area contributed by atoms with E-state index in [0.717, 1.165) is 0 Å². The number of rotatable bonds is 5. The number of anilines is 1. The van der Waals surface area contributed by atoms with Gasteiger partial charge in [-0.2, -0.15) is 0 Å². The van der Waals surface area contributed by atoms with Crippen molar-refractivity contribution in [3.8, 4) is 0 Å². The largest absolute Gasteiger partial charge is 0.527 e. The summed E-state index contributed by atoms with van der Waals surface area (Å²) in [6.07, 6.45) is -0.184. The molecule has 19 heavy (non-hydrogen) atoms. The van der Waals surface area contributed by atoms with Gasteiger partial charge in [-0.3, -0.25) is 0 Å². The molecule has 0 fully saturated rings. The van der Waals surface area contributed by atoms with E-state index in [4.69, 9.17) is 29.2 Å². The molecule has 108 valence electrons. The minimum atomic E-state index is -2.64. The molecular formula is C11H19NO6Si. The minimum Gasteiger partial charge on any atom is -0.478 e. The fraction of sp³-hybridized carbons (Fsp3) is 0.364. The number of aromatic carboxylic acids is 1. The second kappa shape index (κ2) is 8.61. The third-order valence-electron chi connectivity index (χ3n) is 2.28. The molecule has 0 saturated carbocycles. The van der Waals surface area contributed by atoms with E-state index in [1.165, 1.54) is 33.5 Å². The smallest absolute Gasteiger partial charge is 0.478 e. The molecule has 0 aliphatic heterocycles. The van der Waals surface area contributed by atoms with Crippen LogP contribution in [0.1, 0.15) is 10.4 Å². The van der Waals surface area contributed by atoms with Crippen LogP contribution in [0.15, 0.2) is 24.3 Å². The molecule has 1 rings (SSSR count). The standard InChI is InChI=1S/C7H7NO2.C4H12O4Si/c8-6-3-1-5(2-4-6)7(9)10;1-6-9(4-5,7-2)8-3/h1-4H,8H2,(H,9,10);5H,4H2,1-3H3. The molecule has 0 bridgehead atoms. The van der Waals surface area contributed by atoms with Crippen molar-refractivity contribution in [2.45, 2.75) is 0 Å². The lowest BCUT2D eigenvalue weighted by molar-refractivity contribution is 0.0697. The number of benzene rings is 1. The first kappa shape index (κ1) is 17.5. The van der Waals surface area contributed by atoms with Gasteiger partial charge < -0.3 is 29.2 Å². The molecule has 0 radical (unpaired) electrons. The average Bonchev–Trinajstić information content (AvgIpc) is 2.43. The third-order valence-corrected chi connectivity index (χ3v) is 4.54. The number of carbonyl (C=O) groups is 1. The zero-order chi connectivity index (χ0) is 14.9. The maximum atomic E-state index is 10.3. The molecule has 7 nitrogen and oxygen atoms in total. The Hall–Kier alpha value is -1.45. The van der Waals surface area contributed by atoms with E-state index < -0.39 is 14.8 Å². The van der Waals surface area contributed by atoms with E-state index >= 15 is 0 Å². The van der Waals surface area contributed by atoms with Crippen molar-refractivity contribution in [2.75, 3.05) is 33.3 Å². The van der Waals surface area contributed by atoms with Crippen molar-refractivity contribution < 1.29 is 28.3 Å². The number of aliphatic hydroxyl groups excluding tert-OH is 1. The summed E-state index contributed by atoms with van der Waals surface area (Å²) in [7, 11) is 1.73. The molecule has 4 N–H and O–H groups in total. The van der Waals surface area contributed by atoms with Gasteiger partial charge in [-0.05, 0) is 24.3 Å². The average molecular weight is 289 g/mol. The van der Waals surface area contributed by atoms with Crippen LogP contribution < -0.4 is 5.73 Å². The summed E-state index contributed by atoms with van der Waals surface area (Å²) in [4.78, 5) is 10.3. The second-order valence-electron chi connectivity index (χ2n) is 3.38. The predicted molar refractivity (Wildman–Crippen MR) is 71.7 cm³/mol. The number of hydrogen-bond donors (Lipinski definition) is 3. The maximum absolute atomic E-state index is 10.3. The SMILES string of the molecule is CO[Si](CO)(OC)OC.Nc1ccc(C(=O)O)cc1. The second-order valence-corrected chi connectivity index (χ2v) is 6.29. The number of hydrogen-bond acceptors (Lipinski definition) is 6. The van der Waals surface area contributed by atoms with E-state index in [1.807, 2.05) is 0 Å². The van der Waals surface area contributed by atoms with Crippen LogP contribution in [-0.2, 0) is 13.3 Å². The Morgan fingerprint density at radius 3 is 1.79 bits per heavy atom. The topological polar surface area (TPSA) is 111 Å². The van der Waals surface area contributed by atoms with Crippen LogP contribution in [0.3, 0.4) is 0 Å². The summed E-state index contributed by atoms with van der Waals surface area (Å²) < 4.78 is 14.5. The number of nitrogens with two attached hydrogens (primary N) is 1. The Labute approximate surface area is 112 Å². The molecule has 0 spiro atoms. The van der Waals surface area contributed by atoms with Gasteiger partial charge >= 0.3 is 14.8 Å². The lowest BCUT2D eigenvalue weighted by atomic mass is 10.2. The number of nitrogen functional groups attached to an aromatic ring is 1. The highest BCUT2D eigenvalue weighted by Crippen LogP contribution is 2.04. The highest BCUT2D eigenvalue weighted by atomic mass is 28.4. The molecular weight excluding hydrogens is 270 g/mol. The van der Waals surface area contributed by atoms with Gasteiger partial charge in [-0.15, -0.1) is 0 Å². The van der Waals surface area contributed by atoms with Crippen molar-refractivity contribution in [2.24, 2.45) is 0 Å². The normalized spacial score (nSPS) is 10.5. The van der Waals surface area contributed by atoms with Crippen LogP contribution in [0.2, 0.25) is 0 Å². The molecule has 8 heteroatoms. The molecule has 0 amide bonds.